The first-order chi connectivity index (χ1) is 15.5. The first-order valence-corrected chi connectivity index (χ1v) is 10.3. The summed E-state index contributed by atoms with van der Waals surface area (Å²) in [5, 5.41) is 0. The van der Waals surface area contributed by atoms with Gasteiger partial charge in [0, 0.05) is 18.9 Å². The zero-order chi connectivity index (χ0) is 22.9. The Labute approximate surface area is 184 Å². The molecule has 170 valence electrons. The molecule has 9 heteroatoms. The summed E-state index contributed by atoms with van der Waals surface area (Å²) < 4.78 is 25.6. The molecule has 0 N–H and O–H groups in total. The third kappa shape index (κ3) is 3.57. The van der Waals surface area contributed by atoms with Crippen LogP contribution in [0.3, 0.4) is 0 Å². The molecular formula is C23H26N2O7. The minimum atomic E-state index is -1.36. The lowest BCUT2D eigenvalue weighted by Gasteiger charge is -2.34. The molecule has 2 bridgehead atoms. The van der Waals surface area contributed by atoms with Gasteiger partial charge in [-0.15, -0.1) is 6.58 Å². The normalized spacial score (nSPS) is 28.7. The minimum absolute atomic E-state index is 0.224. The van der Waals surface area contributed by atoms with E-state index in [9.17, 15) is 14.4 Å². The van der Waals surface area contributed by atoms with E-state index in [4.69, 9.17) is 18.9 Å². The van der Waals surface area contributed by atoms with E-state index in [1.165, 1.54) is 17.9 Å². The third-order valence-corrected chi connectivity index (χ3v) is 5.97. The smallest absolute Gasteiger partial charge is 0.335 e. The van der Waals surface area contributed by atoms with Gasteiger partial charge < -0.3 is 18.9 Å². The van der Waals surface area contributed by atoms with Gasteiger partial charge in [-0.25, -0.2) is 9.36 Å². The number of aromatic nitrogens is 2. The maximum absolute atomic E-state index is 13.2. The SMILES string of the molecule is C=CC[C@H]1O[C@H]2[C@H](n3cc(C)c(=O)n(COCc4ccccc4)c3=O)O[C@]1(C=O)[C@H]2OC. The van der Waals surface area contributed by atoms with E-state index >= 15 is 0 Å². The molecular weight excluding hydrogens is 416 g/mol. The predicted molar refractivity (Wildman–Crippen MR) is 114 cm³/mol. The standard InChI is InChI=1S/C23H26N2O7/c1-4-8-17-23(13-26)19(29-3)18(31-17)21(32-23)24-11-15(2)20(27)25(22(24)28)14-30-12-16-9-6-5-7-10-16/h4-7,9-11,13,17-19,21H,1,8,12,14H2,2-3H3/t17-,18-,19+,21-,23+/m1/s1. The molecule has 0 unspecified atom stereocenters. The molecule has 0 spiro atoms. The van der Waals surface area contributed by atoms with Crippen molar-refractivity contribution in [3.63, 3.8) is 0 Å². The summed E-state index contributed by atoms with van der Waals surface area (Å²) in [6.45, 7) is 5.32. The second kappa shape index (κ2) is 8.95. The van der Waals surface area contributed by atoms with E-state index in [1.54, 1.807) is 13.0 Å². The number of aryl methyl sites for hydroxylation is 1. The summed E-state index contributed by atoms with van der Waals surface area (Å²) in [5.74, 6) is 0. The maximum atomic E-state index is 13.2. The zero-order valence-electron chi connectivity index (χ0n) is 18.0. The summed E-state index contributed by atoms with van der Waals surface area (Å²) in [6.07, 6.45) is 1.22. The van der Waals surface area contributed by atoms with Gasteiger partial charge in [0.05, 0.1) is 6.61 Å². The van der Waals surface area contributed by atoms with Crippen molar-refractivity contribution in [1.82, 2.24) is 9.13 Å². The Morgan fingerprint density at radius 2 is 2.00 bits per heavy atom. The lowest BCUT2D eigenvalue weighted by atomic mass is 9.92. The Hall–Kier alpha value is -2.85. The molecule has 0 aliphatic carbocycles. The fraction of sp³-hybridized carbons (Fsp3) is 0.435. The molecule has 1 aromatic heterocycles. The summed E-state index contributed by atoms with van der Waals surface area (Å²) in [5.41, 5.74) is -1.19. The number of fused-ring (bicyclic) bond motifs is 2. The Morgan fingerprint density at radius 1 is 1.25 bits per heavy atom. The van der Waals surface area contributed by atoms with Crippen LogP contribution in [0.25, 0.3) is 0 Å². The molecule has 2 aliphatic rings. The van der Waals surface area contributed by atoms with Crippen LogP contribution in [0.2, 0.25) is 0 Å². The van der Waals surface area contributed by atoms with Crippen LogP contribution in [-0.4, -0.2) is 46.4 Å². The van der Waals surface area contributed by atoms with Gasteiger partial charge in [-0.05, 0) is 18.9 Å². The molecule has 5 atom stereocenters. The summed E-state index contributed by atoms with van der Waals surface area (Å²) in [4.78, 5) is 37.9. The Bertz CT molecular complexity index is 1110. The van der Waals surface area contributed by atoms with Crippen molar-refractivity contribution >= 4 is 6.29 Å². The lowest BCUT2D eigenvalue weighted by Crippen LogP contribution is -2.50. The quantitative estimate of drug-likeness (QED) is 0.427. The van der Waals surface area contributed by atoms with Crippen molar-refractivity contribution in [3.05, 3.63) is 81.1 Å². The van der Waals surface area contributed by atoms with Crippen LogP contribution in [-0.2, 0) is 37.1 Å². The molecule has 2 saturated heterocycles. The fourth-order valence-corrected chi connectivity index (χ4v) is 4.42. The number of nitrogens with zero attached hydrogens (tertiary/aromatic N) is 2. The highest BCUT2D eigenvalue weighted by Gasteiger charge is 2.67. The van der Waals surface area contributed by atoms with Gasteiger partial charge in [0.15, 0.2) is 18.1 Å². The number of rotatable bonds is 9. The number of ether oxygens (including phenoxy) is 4. The molecule has 0 amide bonds. The van der Waals surface area contributed by atoms with Crippen molar-refractivity contribution in [2.24, 2.45) is 0 Å². The number of benzene rings is 1. The number of aldehydes is 1. The molecule has 2 fully saturated rings. The van der Waals surface area contributed by atoms with Crippen molar-refractivity contribution in [2.45, 2.75) is 56.8 Å². The highest BCUT2D eigenvalue weighted by atomic mass is 16.7. The van der Waals surface area contributed by atoms with Crippen LogP contribution >= 0.6 is 0 Å². The van der Waals surface area contributed by atoms with E-state index in [1.807, 2.05) is 30.3 Å². The largest absolute Gasteiger partial charge is 0.375 e. The van der Waals surface area contributed by atoms with E-state index in [0.29, 0.717) is 18.3 Å². The molecule has 0 radical (unpaired) electrons. The van der Waals surface area contributed by atoms with Crippen molar-refractivity contribution in [2.75, 3.05) is 7.11 Å². The second-order valence-electron chi connectivity index (χ2n) is 7.95. The molecule has 32 heavy (non-hydrogen) atoms. The molecule has 0 saturated carbocycles. The van der Waals surface area contributed by atoms with Crippen LogP contribution in [0.15, 0.2) is 58.8 Å². The Kier molecular flexibility index (Phi) is 6.25. The van der Waals surface area contributed by atoms with Crippen molar-refractivity contribution < 1.29 is 23.7 Å². The van der Waals surface area contributed by atoms with Crippen LogP contribution < -0.4 is 11.2 Å². The van der Waals surface area contributed by atoms with Gasteiger partial charge in [-0.1, -0.05) is 36.4 Å². The van der Waals surface area contributed by atoms with Crippen LogP contribution in [0.4, 0.5) is 0 Å². The summed E-state index contributed by atoms with van der Waals surface area (Å²) in [7, 11) is 1.47. The number of carbonyl (C=O) groups excluding carboxylic acids is 1. The Balaban J connectivity index is 1.63. The van der Waals surface area contributed by atoms with Gasteiger partial charge in [-0.3, -0.25) is 14.2 Å². The molecule has 4 rings (SSSR count). The average Bonchev–Trinajstić information content (AvgIpc) is 3.29. The molecule has 1 aromatic carbocycles. The predicted octanol–water partition coefficient (Wildman–Crippen LogP) is 1.32. The highest BCUT2D eigenvalue weighted by Crippen LogP contribution is 2.49. The summed E-state index contributed by atoms with van der Waals surface area (Å²) in [6, 6.07) is 9.43. The highest BCUT2D eigenvalue weighted by molar-refractivity contribution is 5.67. The van der Waals surface area contributed by atoms with E-state index in [-0.39, 0.29) is 13.3 Å². The fourth-order valence-electron chi connectivity index (χ4n) is 4.42. The monoisotopic (exact) mass is 442 g/mol. The van der Waals surface area contributed by atoms with Gasteiger partial charge in [-0.2, -0.15) is 0 Å². The van der Waals surface area contributed by atoms with E-state index in [0.717, 1.165) is 10.1 Å². The molecule has 2 aliphatic heterocycles. The minimum Gasteiger partial charge on any atom is -0.375 e. The van der Waals surface area contributed by atoms with Crippen molar-refractivity contribution in [1.29, 1.82) is 0 Å². The van der Waals surface area contributed by atoms with Gasteiger partial charge in [0.25, 0.3) is 5.56 Å². The summed E-state index contributed by atoms with van der Waals surface area (Å²) >= 11 is 0. The van der Waals surface area contributed by atoms with E-state index < -0.39 is 41.4 Å². The Morgan fingerprint density at radius 3 is 2.66 bits per heavy atom. The molecule has 9 nitrogen and oxygen atoms in total. The third-order valence-electron chi connectivity index (χ3n) is 5.97. The van der Waals surface area contributed by atoms with Gasteiger partial charge >= 0.3 is 5.69 Å². The number of methoxy groups -OCH3 is 1. The van der Waals surface area contributed by atoms with E-state index in [2.05, 4.69) is 6.58 Å². The van der Waals surface area contributed by atoms with Crippen LogP contribution in [0.5, 0.6) is 0 Å². The first-order valence-electron chi connectivity index (χ1n) is 10.3. The first kappa shape index (κ1) is 22.3. The van der Waals surface area contributed by atoms with Crippen LogP contribution in [0, 0.1) is 6.92 Å². The number of carbonyl (C=O) groups is 1. The maximum Gasteiger partial charge on any atom is 0.335 e. The molecule has 3 heterocycles. The second-order valence-corrected chi connectivity index (χ2v) is 7.95. The average molecular weight is 442 g/mol. The van der Waals surface area contributed by atoms with Crippen molar-refractivity contribution in [3.8, 4) is 0 Å². The molecule has 2 aromatic rings. The number of hydrogen-bond acceptors (Lipinski definition) is 7. The lowest BCUT2D eigenvalue weighted by molar-refractivity contribution is -0.204. The number of hydrogen-bond donors (Lipinski definition) is 0. The van der Waals surface area contributed by atoms with Crippen LogP contribution in [0.1, 0.15) is 23.8 Å². The van der Waals surface area contributed by atoms with Gasteiger partial charge in [0.1, 0.15) is 25.0 Å². The topological polar surface area (TPSA) is 98.0 Å². The van der Waals surface area contributed by atoms with Gasteiger partial charge in [0.2, 0.25) is 0 Å². The zero-order valence-corrected chi connectivity index (χ0v) is 18.0.